The van der Waals surface area contributed by atoms with E-state index in [0.29, 0.717) is 48.5 Å². The maximum Gasteiger partial charge on any atom is 0.347 e. The lowest BCUT2D eigenvalue weighted by Crippen LogP contribution is -2.32. The molecular weight excluding hydrogens is 362 g/mol. The van der Waals surface area contributed by atoms with Crippen LogP contribution in [0.1, 0.15) is 19.3 Å². The molecule has 9 heteroatoms. The Hall–Kier alpha value is -3.36. The predicted octanol–water partition coefficient (Wildman–Crippen LogP) is 1.39. The number of carbonyl (C=O) groups is 1. The molecule has 1 atom stereocenters. The first kappa shape index (κ1) is 16.8. The van der Waals surface area contributed by atoms with Crippen molar-refractivity contribution in [3.63, 3.8) is 0 Å². The zero-order valence-electron chi connectivity index (χ0n) is 15.1. The first-order valence-electron chi connectivity index (χ1n) is 9.31. The molecule has 3 aromatic heterocycles. The number of ether oxygens (including phenoxy) is 2. The Kier molecular flexibility index (Phi) is 4.00. The number of hydrogen-bond donors (Lipinski definition) is 1. The van der Waals surface area contributed by atoms with Crippen LogP contribution in [0.2, 0.25) is 0 Å². The Bertz CT molecular complexity index is 1070. The number of aromatic nitrogens is 4. The van der Waals surface area contributed by atoms with Crippen LogP contribution in [0.4, 0.5) is 5.69 Å². The van der Waals surface area contributed by atoms with E-state index >= 15 is 0 Å². The number of carbonyl (C=O) groups excluding carboxylic acids is 1. The third-order valence-electron chi connectivity index (χ3n) is 5.02. The minimum atomic E-state index is -0.586. The smallest absolute Gasteiger partial charge is 0.347 e. The van der Waals surface area contributed by atoms with E-state index in [1.165, 1.54) is 17.2 Å². The van der Waals surface area contributed by atoms with Gasteiger partial charge in [-0.05, 0) is 37.0 Å². The second-order valence-corrected chi connectivity index (χ2v) is 7.12. The van der Waals surface area contributed by atoms with Crippen molar-refractivity contribution in [1.29, 1.82) is 0 Å². The van der Waals surface area contributed by atoms with Crippen molar-refractivity contribution in [3.05, 3.63) is 47.1 Å². The third-order valence-corrected chi connectivity index (χ3v) is 5.02. The molecule has 2 aliphatic rings. The van der Waals surface area contributed by atoms with E-state index in [1.807, 2.05) is 0 Å². The van der Waals surface area contributed by atoms with Gasteiger partial charge in [0.05, 0.1) is 18.5 Å². The number of pyridine rings is 2. The summed E-state index contributed by atoms with van der Waals surface area (Å²) in [5.41, 5.74) is 0.795. The molecular formula is C19H19N5O4. The molecule has 1 aliphatic carbocycles. The van der Waals surface area contributed by atoms with Crippen LogP contribution in [0, 0.1) is 5.92 Å². The molecule has 9 nitrogen and oxygen atoms in total. The average molecular weight is 381 g/mol. The first-order chi connectivity index (χ1) is 13.7. The summed E-state index contributed by atoms with van der Waals surface area (Å²) in [5.74, 6) is 1.61. The highest BCUT2D eigenvalue weighted by Crippen LogP contribution is 2.29. The lowest BCUT2D eigenvalue weighted by Gasteiger charge is -2.17. The van der Waals surface area contributed by atoms with Crippen LogP contribution in [0.5, 0.6) is 11.6 Å². The van der Waals surface area contributed by atoms with Crippen LogP contribution in [-0.2, 0) is 4.79 Å². The molecule has 0 spiro atoms. The van der Waals surface area contributed by atoms with Gasteiger partial charge in [0.1, 0.15) is 5.75 Å². The summed E-state index contributed by atoms with van der Waals surface area (Å²) in [6.45, 7) is 1.21. The molecule has 1 amide bonds. The van der Waals surface area contributed by atoms with Gasteiger partial charge < -0.3 is 14.4 Å². The lowest BCUT2D eigenvalue weighted by molar-refractivity contribution is -0.122. The number of aromatic amines is 1. The normalized spacial score (nSPS) is 19.4. The summed E-state index contributed by atoms with van der Waals surface area (Å²) >= 11 is 0. The second-order valence-electron chi connectivity index (χ2n) is 7.12. The maximum atomic E-state index is 12.8. The van der Waals surface area contributed by atoms with Gasteiger partial charge in [-0.15, -0.1) is 0 Å². The summed E-state index contributed by atoms with van der Waals surface area (Å²) in [6.07, 6.45) is 5.60. The summed E-state index contributed by atoms with van der Waals surface area (Å²) < 4.78 is 12.8. The van der Waals surface area contributed by atoms with E-state index in [2.05, 4.69) is 15.2 Å². The van der Waals surface area contributed by atoms with Gasteiger partial charge in [-0.25, -0.2) is 19.3 Å². The molecule has 5 rings (SSSR count). The largest absolute Gasteiger partial charge is 0.479 e. The molecule has 3 aromatic rings. The van der Waals surface area contributed by atoms with Crippen molar-refractivity contribution >= 4 is 17.2 Å². The number of hydrogen-bond acceptors (Lipinski definition) is 6. The van der Waals surface area contributed by atoms with Crippen LogP contribution in [0.15, 0.2) is 41.5 Å². The van der Waals surface area contributed by atoms with E-state index in [0.717, 1.165) is 0 Å². The molecule has 1 saturated carbocycles. The summed E-state index contributed by atoms with van der Waals surface area (Å²) in [6, 6.07) is 6.98. The number of anilines is 1. The van der Waals surface area contributed by atoms with Gasteiger partial charge >= 0.3 is 5.69 Å². The van der Waals surface area contributed by atoms with Crippen LogP contribution >= 0.6 is 0 Å². The topological polar surface area (TPSA) is 102 Å². The number of amides is 1. The van der Waals surface area contributed by atoms with Gasteiger partial charge in [-0.2, -0.15) is 5.10 Å². The molecule has 0 aromatic carbocycles. The van der Waals surface area contributed by atoms with Gasteiger partial charge in [0.25, 0.3) is 5.91 Å². The number of nitrogens with zero attached hydrogens (tertiary/aromatic N) is 4. The highest BCUT2D eigenvalue weighted by molar-refractivity contribution is 5.99. The van der Waals surface area contributed by atoms with E-state index < -0.39 is 6.10 Å². The number of nitrogens with one attached hydrogen (secondary N) is 1. The number of rotatable bonds is 6. The zero-order chi connectivity index (χ0) is 19.1. The third kappa shape index (κ3) is 3.19. The summed E-state index contributed by atoms with van der Waals surface area (Å²) in [5, 5.41) is 6.27. The van der Waals surface area contributed by atoms with Crippen LogP contribution < -0.4 is 20.1 Å². The molecule has 2 fully saturated rings. The van der Waals surface area contributed by atoms with Gasteiger partial charge in [0.15, 0.2) is 11.8 Å². The Morgan fingerprint density at radius 2 is 2.04 bits per heavy atom. The van der Waals surface area contributed by atoms with E-state index in [1.54, 1.807) is 41.6 Å². The van der Waals surface area contributed by atoms with Gasteiger partial charge in [-0.1, -0.05) is 0 Å². The van der Waals surface area contributed by atoms with Gasteiger partial charge in [0, 0.05) is 25.2 Å². The minimum Gasteiger partial charge on any atom is -0.479 e. The fraction of sp³-hybridized carbons (Fsp3) is 0.368. The van der Waals surface area contributed by atoms with Crippen molar-refractivity contribution in [2.45, 2.75) is 25.4 Å². The minimum absolute atomic E-state index is 0.148. The van der Waals surface area contributed by atoms with Crippen LogP contribution in [0.3, 0.4) is 0 Å². The SMILES string of the molecule is O=C1C(Oc2ccc(OCC3CC3)nc2)CCN1c1ccc2n[nH]c(=O)n2c1. The fourth-order valence-corrected chi connectivity index (χ4v) is 3.25. The standard InChI is InChI=1S/C19H19N5O4/c25-18-15(28-14-4-6-17(20-9-14)27-11-12-1-2-12)7-8-23(18)13-3-5-16-21-22-19(26)24(16)10-13/h3-6,9-10,12,15H,1-2,7-8,11H2,(H,22,26). The lowest BCUT2D eigenvalue weighted by atomic mass is 10.3. The monoisotopic (exact) mass is 381 g/mol. The molecule has 4 heterocycles. The Balaban J connectivity index is 1.26. The quantitative estimate of drug-likeness (QED) is 0.692. The maximum absolute atomic E-state index is 12.8. The van der Waals surface area contributed by atoms with E-state index in [9.17, 15) is 9.59 Å². The van der Waals surface area contributed by atoms with Crippen LogP contribution in [0.25, 0.3) is 5.65 Å². The van der Waals surface area contributed by atoms with E-state index in [-0.39, 0.29) is 11.6 Å². The Morgan fingerprint density at radius 3 is 2.82 bits per heavy atom. The summed E-state index contributed by atoms with van der Waals surface area (Å²) in [4.78, 5) is 30.4. The Morgan fingerprint density at radius 1 is 1.14 bits per heavy atom. The van der Waals surface area contributed by atoms with Crippen molar-refractivity contribution in [3.8, 4) is 11.6 Å². The molecule has 1 saturated heterocycles. The molecule has 28 heavy (non-hydrogen) atoms. The second kappa shape index (κ2) is 6.66. The van der Waals surface area contributed by atoms with Crippen molar-refractivity contribution in [1.82, 2.24) is 19.6 Å². The molecule has 1 unspecified atom stereocenters. The van der Waals surface area contributed by atoms with Gasteiger partial charge in [0.2, 0.25) is 5.88 Å². The van der Waals surface area contributed by atoms with Crippen LogP contribution in [-0.4, -0.2) is 44.7 Å². The first-order valence-corrected chi connectivity index (χ1v) is 9.31. The van der Waals surface area contributed by atoms with E-state index in [4.69, 9.17) is 9.47 Å². The zero-order valence-corrected chi connectivity index (χ0v) is 15.1. The molecule has 1 aliphatic heterocycles. The molecule has 0 radical (unpaired) electrons. The molecule has 0 bridgehead atoms. The fourth-order valence-electron chi connectivity index (χ4n) is 3.25. The van der Waals surface area contributed by atoms with Crippen molar-refractivity contribution < 1.29 is 14.3 Å². The molecule has 1 N–H and O–H groups in total. The highest BCUT2D eigenvalue weighted by atomic mass is 16.5. The Labute approximate surface area is 159 Å². The number of H-pyrrole nitrogens is 1. The number of fused-ring (bicyclic) bond motifs is 1. The summed E-state index contributed by atoms with van der Waals surface area (Å²) in [7, 11) is 0. The van der Waals surface area contributed by atoms with Crippen molar-refractivity contribution in [2.24, 2.45) is 5.92 Å². The highest BCUT2D eigenvalue weighted by Gasteiger charge is 2.34. The average Bonchev–Trinajstić information content (AvgIpc) is 3.39. The van der Waals surface area contributed by atoms with Gasteiger partial charge in [-0.3, -0.25) is 4.79 Å². The predicted molar refractivity (Wildman–Crippen MR) is 99.7 cm³/mol. The molecule has 144 valence electrons. The van der Waals surface area contributed by atoms with Crippen molar-refractivity contribution in [2.75, 3.05) is 18.1 Å².